The maximum atomic E-state index is 12.1. The van der Waals surface area contributed by atoms with Crippen LogP contribution in [0.3, 0.4) is 0 Å². The van der Waals surface area contributed by atoms with Crippen molar-refractivity contribution in [3.05, 3.63) is 57.3 Å². The van der Waals surface area contributed by atoms with Gasteiger partial charge in [-0.25, -0.2) is 0 Å². The predicted molar refractivity (Wildman–Crippen MR) is 98.3 cm³/mol. The van der Waals surface area contributed by atoms with E-state index >= 15 is 0 Å². The molecule has 2 aromatic rings. The summed E-state index contributed by atoms with van der Waals surface area (Å²) in [5.41, 5.74) is 3.99. The number of thiophene rings is 1. The van der Waals surface area contributed by atoms with Gasteiger partial charge >= 0.3 is 5.97 Å². The summed E-state index contributed by atoms with van der Waals surface area (Å²) >= 11 is 1.84. The van der Waals surface area contributed by atoms with Crippen molar-refractivity contribution in [2.45, 2.75) is 45.2 Å². The van der Waals surface area contributed by atoms with Gasteiger partial charge in [0.25, 0.3) is 0 Å². The zero-order valence-corrected chi connectivity index (χ0v) is 15.4. The molecule has 0 radical (unpaired) electrons. The third-order valence-corrected chi connectivity index (χ3v) is 5.87. The van der Waals surface area contributed by atoms with E-state index in [0.29, 0.717) is 12.3 Å². The van der Waals surface area contributed by atoms with Gasteiger partial charge in [-0.15, -0.1) is 11.3 Å². The molecule has 0 saturated carbocycles. The average Bonchev–Trinajstić information content (AvgIpc) is 3.07. The van der Waals surface area contributed by atoms with Crippen molar-refractivity contribution in [3.63, 3.8) is 0 Å². The number of nitrogens with zero attached hydrogens (tertiary/aromatic N) is 1. The van der Waals surface area contributed by atoms with Crippen LogP contribution in [-0.4, -0.2) is 24.5 Å². The van der Waals surface area contributed by atoms with Crippen molar-refractivity contribution in [1.29, 1.82) is 0 Å². The number of esters is 1. The van der Waals surface area contributed by atoms with Gasteiger partial charge in [0.15, 0.2) is 0 Å². The lowest BCUT2D eigenvalue weighted by Gasteiger charge is -2.35. The molecule has 0 spiro atoms. The summed E-state index contributed by atoms with van der Waals surface area (Å²) in [6.07, 6.45) is 1.47. The Hall–Kier alpha value is -1.65. The standard InChI is InChI=1S/C20H25NO2S/c1-14(2)16-6-4-5-7-17(16)18(12-20(22)23-3)21-10-8-19-15(13-21)9-11-24-19/h4-7,9,11,14,18H,8,10,12-13H2,1-3H3. The molecule has 128 valence electrons. The van der Waals surface area contributed by atoms with E-state index in [9.17, 15) is 4.79 Å². The minimum Gasteiger partial charge on any atom is -0.469 e. The smallest absolute Gasteiger partial charge is 0.307 e. The highest BCUT2D eigenvalue weighted by Gasteiger charge is 2.29. The van der Waals surface area contributed by atoms with E-state index < -0.39 is 0 Å². The normalized spacial score (nSPS) is 16.0. The fourth-order valence-corrected chi connectivity index (χ4v) is 4.44. The maximum absolute atomic E-state index is 12.1. The number of benzene rings is 1. The Morgan fingerprint density at radius 1 is 1.25 bits per heavy atom. The largest absolute Gasteiger partial charge is 0.469 e. The molecule has 0 saturated heterocycles. The summed E-state index contributed by atoms with van der Waals surface area (Å²) in [6, 6.07) is 10.8. The summed E-state index contributed by atoms with van der Waals surface area (Å²) in [6.45, 7) is 6.32. The number of methoxy groups -OCH3 is 1. The predicted octanol–water partition coefficient (Wildman–Crippen LogP) is 4.53. The number of carbonyl (C=O) groups excluding carboxylic acids is 1. The van der Waals surface area contributed by atoms with Gasteiger partial charge in [0.05, 0.1) is 13.5 Å². The molecule has 1 aromatic heterocycles. The van der Waals surface area contributed by atoms with Gasteiger partial charge < -0.3 is 4.74 Å². The Kier molecular flexibility index (Phi) is 5.36. The highest BCUT2D eigenvalue weighted by molar-refractivity contribution is 7.10. The topological polar surface area (TPSA) is 29.5 Å². The monoisotopic (exact) mass is 343 g/mol. The minimum absolute atomic E-state index is 0.0732. The number of hydrogen-bond acceptors (Lipinski definition) is 4. The molecular formula is C20H25NO2S. The van der Waals surface area contributed by atoms with Gasteiger partial charge in [-0.3, -0.25) is 9.69 Å². The van der Waals surface area contributed by atoms with Crippen LogP contribution in [0.15, 0.2) is 35.7 Å². The third-order valence-electron chi connectivity index (χ3n) is 4.84. The summed E-state index contributed by atoms with van der Waals surface area (Å²) in [5.74, 6) is 0.289. The van der Waals surface area contributed by atoms with Gasteiger partial charge in [0.1, 0.15) is 0 Å². The van der Waals surface area contributed by atoms with Crippen LogP contribution >= 0.6 is 11.3 Å². The first-order valence-electron chi connectivity index (χ1n) is 8.55. The van der Waals surface area contributed by atoms with Gasteiger partial charge in [-0.1, -0.05) is 38.1 Å². The van der Waals surface area contributed by atoms with E-state index in [-0.39, 0.29) is 12.0 Å². The molecule has 24 heavy (non-hydrogen) atoms. The van der Waals surface area contributed by atoms with E-state index in [1.54, 1.807) is 0 Å². The summed E-state index contributed by atoms with van der Waals surface area (Å²) < 4.78 is 4.98. The van der Waals surface area contributed by atoms with Crippen molar-refractivity contribution >= 4 is 17.3 Å². The van der Waals surface area contributed by atoms with Crippen LogP contribution in [0.1, 0.15) is 53.8 Å². The molecule has 4 heteroatoms. The Bertz CT molecular complexity index is 707. The zero-order valence-electron chi connectivity index (χ0n) is 14.6. The minimum atomic E-state index is -0.144. The van der Waals surface area contributed by atoms with E-state index in [1.165, 1.54) is 28.7 Å². The second-order valence-electron chi connectivity index (χ2n) is 6.67. The molecule has 0 amide bonds. The second kappa shape index (κ2) is 7.49. The van der Waals surface area contributed by atoms with E-state index in [4.69, 9.17) is 4.74 Å². The molecule has 1 atom stereocenters. The molecule has 0 fully saturated rings. The number of ether oxygens (including phenoxy) is 1. The van der Waals surface area contributed by atoms with E-state index in [0.717, 1.165) is 19.5 Å². The van der Waals surface area contributed by atoms with Crippen molar-refractivity contribution in [1.82, 2.24) is 4.90 Å². The van der Waals surface area contributed by atoms with Crippen molar-refractivity contribution in [2.75, 3.05) is 13.7 Å². The first-order valence-corrected chi connectivity index (χ1v) is 9.43. The highest BCUT2D eigenvalue weighted by Crippen LogP contribution is 2.35. The van der Waals surface area contributed by atoms with Crippen LogP contribution in [-0.2, 0) is 22.5 Å². The quantitative estimate of drug-likeness (QED) is 0.747. The lowest BCUT2D eigenvalue weighted by Crippen LogP contribution is -2.35. The fraction of sp³-hybridized carbons (Fsp3) is 0.450. The van der Waals surface area contributed by atoms with E-state index in [1.807, 2.05) is 11.3 Å². The Morgan fingerprint density at radius 2 is 2.00 bits per heavy atom. The first-order chi connectivity index (χ1) is 11.6. The SMILES string of the molecule is COC(=O)CC(c1ccccc1C(C)C)N1CCc2sccc2C1. The van der Waals surface area contributed by atoms with Crippen molar-refractivity contribution in [2.24, 2.45) is 0 Å². The lowest BCUT2D eigenvalue weighted by molar-refractivity contribution is -0.142. The average molecular weight is 343 g/mol. The van der Waals surface area contributed by atoms with Crippen LogP contribution in [0.5, 0.6) is 0 Å². The van der Waals surface area contributed by atoms with Gasteiger partial charge in [0.2, 0.25) is 0 Å². The molecule has 1 unspecified atom stereocenters. The number of rotatable bonds is 5. The molecule has 3 rings (SSSR count). The fourth-order valence-electron chi connectivity index (χ4n) is 3.55. The number of fused-ring (bicyclic) bond motifs is 1. The van der Waals surface area contributed by atoms with Crippen LogP contribution in [0.2, 0.25) is 0 Å². The molecule has 0 bridgehead atoms. The van der Waals surface area contributed by atoms with Crippen molar-refractivity contribution < 1.29 is 9.53 Å². The number of hydrogen-bond donors (Lipinski definition) is 0. The molecule has 1 aliphatic rings. The number of carbonyl (C=O) groups is 1. The first kappa shape index (κ1) is 17.2. The summed E-state index contributed by atoms with van der Waals surface area (Å²) in [7, 11) is 1.47. The Labute approximate surface area is 148 Å². The zero-order chi connectivity index (χ0) is 17.1. The third kappa shape index (κ3) is 3.55. The summed E-state index contributed by atoms with van der Waals surface area (Å²) in [4.78, 5) is 16.0. The Morgan fingerprint density at radius 3 is 2.71 bits per heavy atom. The van der Waals surface area contributed by atoms with Gasteiger partial charge in [-0.2, -0.15) is 0 Å². The van der Waals surface area contributed by atoms with Crippen LogP contribution < -0.4 is 0 Å². The van der Waals surface area contributed by atoms with Gasteiger partial charge in [-0.05, 0) is 40.5 Å². The van der Waals surface area contributed by atoms with Gasteiger partial charge in [0, 0.05) is 24.0 Å². The second-order valence-corrected chi connectivity index (χ2v) is 7.67. The Balaban J connectivity index is 1.94. The molecule has 1 aliphatic heterocycles. The lowest BCUT2D eigenvalue weighted by atomic mass is 9.89. The van der Waals surface area contributed by atoms with Crippen molar-refractivity contribution in [3.8, 4) is 0 Å². The molecule has 1 aromatic carbocycles. The molecule has 3 nitrogen and oxygen atoms in total. The summed E-state index contributed by atoms with van der Waals surface area (Å²) in [5, 5.41) is 2.17. The highest BCUT2D eigenvalue weighted by atomic mass is 32.1. The maximum Gasteiger partial charge on any atom is 0.307 e. The van der Waals surface area contributed by atoms with Crippen LogP contribution in [0.25, 0.3) is 0 Å². The molecular weight excluding hydrogens is 318 g/mol. The molecule has 0 aliphatic carbocycles. The van der Waals surface area contributed by atoms with Crippen LogP contribution in [0.4, 0.5) is 0 Å². The van der Waals surface area contributed by atoms with E-state index in [2.05, 4.69) is 54.5 Å². The molecule has 0 N–H and O–H groups in total. The molecule has 2 heterocycles. The van der Waals surface area contributed by atoms with Crippen LogP contribution in [0, 0.1) is 0 Å².